The smallest absolute Gasteiger partial charge is 0.231 e. The summed E-state index contributed by atoms with van der Waals surface area (Å²) in [6, 6.07) is 10.7. The highest BCUT2D eigenvalue weighted by molar-refractivity contribution is 14.2. The van der Waals surface area contributed by atoms with Crippen molar-refractivity contribution in [2.75, 3.05) is 17.2 Å². The van der Waals surface area contributed by atoms with Gasteiger partial charge in [-0.25, -0.2) is 0 Å². The van der Waals surface area contributed by atoms with E-state index < -0.39 is 0 Å². The third-order valence-corrected chi connectivity index (χ3v) is 8.12. The van der Waals surface area contributed by atoms with Crippen LogP contribution in [-0.4, -0.2) is 26.6 Å². The fraction of sp³-hybridized carbons (Fsp3) is 0.538. The average molecular weight is 594 g/mol. The van der Waals surface area contributed by atoms with Crippen LogP contribution in [0.15, 0.2) is 36.5 Å². The number of benzene rings is 1. The summed E-state index contributed by atoms with van der Waals surface area (Å²) in [7, 11) is 1.62. The van der Waals surface area contributed by atoms with E-state index in [0.717, 1.165) is 41.3 Å². The van der Waals surface area contributed by atoms with Crippen molar-refractivity contribution in [1.29, 1.82) is 0 Å². The zero-order valence-electron chi connectivity index (χ0n) is 20.1. The highest BCUT2D eigenvalue weighted by atomic mass is 127. The Balaban J connectivity index is 1.39. The molecular weight excluding hydrogens is 557 g/mol. The number of fused-ring (bicyclic) bond motifs is 1. The van der Waals surface area contributed by atoms with E-state index in [1.165, 1.54) is 64.2 Å². The van der Waals surface area contributed by atoms with Crippen molar-refractivity contribution in [3.8, 4) is 5.75 Å². The third-order valence-electron chi connectivity index (χ3n) is 6.41. The molecule has 2 heterocycles. The Bertz CT molecular complexity index is 1020. The van der Waals surface area contributed by atoms with Crippen molar-refractivity contribution in [3.05, 3.63) is 36.5 Å². The Labute approximate surface area is 219 Å². The quantitative estimate of drug-likeness (QED) is 0.153. The molecule has 2 aromatic heterocycles. The molecule has 1 aromatic carbocycles. The largest absolute Gasteiger partial charge is 0.494 e. The molecule has 0 bridgehead atoms. The number of nitrogens with one attached hydrogen (secondary N) is 2. The predicted molar refractivity (Wildman–Crippen MR) is 154 cm³/mol. The summed E-state index contributed by atoms with van der Waals surface area (Å²) in [5.74, 6) is 2.43. The second-order valence-corrected chi connectivity index (χ2v) is 10.8. The van der Waals surface area contributed by atoms with Crippen LogP contribution in [0.25, 0.3) is 11.0 Å². The van der Waals surface area contributed by atoms with Gasteiger partial charge < -0.3 is 15.4 Å². The van der Waals surface area contributed by atoms with Gasteiger partial charge in [-0.05, 0) is 49.6 Å². The molecule has 0 atom stereocenters. The monoisotopic (exact) mass is 593 g/mol. The molecule has 4 rings (SSSR count). The molecule has 0 radical (unpaired) electrons. The van der Waals surface area contributed by atoms with Gasteiger partial charge in [-0.15, -0.1) is 0 Å². The maximum Gasteiger partial charge on any atom is 0.231 e. The third kappa shape index (κ3) is 7.16. The molecule has 1 aliphatic rings. The number of ether oxygens (including phenoxy) is 1. The molecule has 34 heavy (non-hydrogen) atoms. The fourth-order valence-electron chi connectivity index (χ4n) is 4.49. The van der Waals surface area contributed by atoms with Crippen molar-refractivity contribution in [2.45, 2.75) is 83.6 Å². The van der Waals surface area contributed by atoms with Gasteiger partial charge in [0.15, 0.2) is 5.65 Å². The topological polar surface area (TPSA) is 64.0 Å². The summed E-state index contributed by atoms with van der Waals surface area (Å²) in [5.41, 5.74) is 1.88. The van der Waals surface area contributed by atoms with Crippen LogP contribution in [-0.2, 0) is 0 Å². The molecule has 1 fully saturated rings. The van der Waals surface area contributed by atoms with Crippen molar-refractivity contribution >= 4 is 58.8 Å². The van der Waals surface area contributed by atoms with Crippen molar-refractivity contribution in [1.82, 2.24) is 13.9 Å². The minimum Gasteiger partial charge on any atom is -0.494 e. The van der Waals surface area contributed by atoms with Gasteiger partial charge in [0.25, 0.3) is 0 Å². The summed E-state index contributed by atoms with van der Waals surface area (Å²) >= 11 is 2.29. The van der Waals surface area contributed by atoms with Crippen LogP contribution in [0.4, 0.5) is 17.5 Å². The van der Waals surface area contributed by atoms with E-state index in [0.29, 0.717) is 12.0 Å². The second-order valence-electron chi connectivity index (χ2n) is 9.09. The summed E-state index contributed by atoms with van der Waals surface area (Å²) < 4.78 is 8.00. The van der Waals surface area contributed by atoms with E-state index in [9.17, 15) is 0 Å². The van der Waals surface area contributed by atoms with E-state index in [1.54, 1.807) is 9.12 Å². The lowest BCUT2D eigenvalue weighted by atomic mass is 9.95. The molecule has 3 aromatic rings. The zero-order chi connectivity index (χ0) is 23.6. The second kappa shape index (κ2) is 13.4. The molecule has 1 saturated carbocycles. The van der Waals surface area contributed by atoms with Crippen molar-refractivity contribution in [3.63, 3.8) is 0 Å². The summed E-state index contributed by atoms with van der Waals surface area (Å²) in [4.78, 5) is 9.67. The Morgan fingerprint density at radius 1 is 1.00 bits per heavy atom. The van der Waals surface area contributed by atoms with Crippen LogP contribution in [0.1, 0.15) is 77.6 Å². The van der Waals surface area contributed by atoms with Crippen molar-refractivity contribution in [2.24, 2.45) is 0 Å². The highest BCUT2D eigenvalue weighted by Crippen LogP contribution is 2.31. The Morgan fingerprint density at radius 2 is 1.76 bits per heavy atom. The minimum absolute atomic E-state index is 0.485. The summed E-state index contributed by atoms with van der Waals surface area (Å²) in [6.45, 7) is 3.03. The van der Waals surface area contributed by atoms with Gasteiger partial charge in [-0.1, -0.05) is 58.3 Å². The Kier molecular flexibility index (Phi) is 10.0. The van der Waals surface area contributed by atoms with Crippen LogP contribution >= 0.6 is 30.3 Å². The Morgan fingerprint density at radius 3 is 2.53 bits per heavy atom. The van der Waals surface area contributed by atoms with Crippen molar-refractivity contribution < 1.29 is 4.74 Å². The van der Waals surface area contributed by atoms with E-state index >= 15 is 0 Å². The number of hydrogen-bond acceptors (Lipinski definition) is 6. The number of aromatic nitrogens is 3. The van der Waals surface area contributed by atoms with Crippen LogP contribution in [0.3, 0.4) is 0 Å². The number of halogens is 1. The molecule has 2 N–H and O–H groups in total. The maximum atomic E-state index is 5.92. The van der Waals surface area contributed by atoms with Crippen LogP contribution in [0.5, 0.6) is 5.75 Å². The lowest BCUT2D eigenvalue weighted by Gasteiger charge is -2.23. The van der Waals surface area contributed by atoms with Gasteiger partial charge >= 0.3 is 0 Å². The molecule has 6 nitrogen and oxygen atoms in total. The molecule has 0 unspecified atom stereocenters. The fourth-order valence-corrected chi connectivity index (χ4v) is 5.75. The van der Waals surface area contributed by atoms with E-state index in [1.807, 2.05) is 24.3 Å². The molecular formula is C26H36IN5OS. The standard InChI is InChI=1S/C26H36IN5OS/c1-2-3-4-5-6-10-19-33-22-15-13-21(14-16-22)29-26-30-24(28-20-11-8-7-9-12-20)23-17-18-32(34-27)25(23)31-26/h13-18,20H,2-12,19H2,1H3,(H2,28,29,30,31). The molecule has 184 valence electrons. The van der Waals surface area contributed by atoms with Gasteiger partial charge in [0.2, 0.25) is 5.95 Å². The van der Waals surface area contributed by atoms with Gasteiger partial charge in [0, 0.05) is 48.3 Å². The normalized spacial score (nSPS) is 14.4. The number of unbranched alkanes of at least 4 members (excludes halogenated alkanes) is 5. The zero-order valence-corrected chi connectivity index (χ0v) is 23.0. The minimum atomic E-state index is 0.485. The average Bonchev–Trinajstić information content (AvgIpc) is 3.28. The maximum absolute atomic E-state index is 5.92. The van der Waals surface area contributed by atoms with E-state index in [2.05, 4.69) is 55.0 Å². The van der Waals surface area contributed by atoms with Gasteiger partial charge in [-0.3, -0.25) is 3.97 Å². The van der Waals surface area contributed by atoms with Crippen LogP contribution < -0.4 is 15.4 Å². The molecule has 0 spiro atoms. The van der Waals surface area contributed by atoms with Gasteiger partial charge in [-0.2, -0.15) is 9.97 Å². The summed E-state index contributed by atoms with van der Waals surface area (Å²) in [6.07, 6.45) is 16.0. The number of nitrogens with zero attached hydrogens (tertiary/aromatic N) is 3. The van der Waals surface area contributed by atoms with Crippen LogP contribution in [0.2, 0.25) is 0 Å². The van der Waals surface area contributed by atoms with Gasteiger partial charge in [0.1, 0.15) is 11.6 Å². The first kappa shape index (κ1) is 25.4. The predicted octanol–water partition coefficient (Wildman–Crippen LogP) is 8.51. The first-order valence-electron chi connectivity index (χ1n) is 12.7. The highest BCUT2D eigenvalue weighted by Gasteiger charge is 2.18. The first-order chi connectivity index (χ1) is 16.8. The Hall–Kier alpha value is -1.68. The van der Waals surface area contributed by atoms with E-state index in [4.69, 9.17) is 14.7 Å². The van der Waals surface area contributed by atoms with E-state index in [-0.39, 0.29) is 0 Å². The summed E-state index contributed by atoms with van der Waals surface area (Å²) in [5, 5.41) is 8.17. The van der Waals surface area contributed by atoms with Gasteiger partial charge in [0.05, 0.1) is 12.0 Å². The number of rotatable bonds is 13. The molecule has 0 saturated heterocycles. The molecule has 0 aliphatic heterocycles. The lowest BCUT2D eigenvalue weighted by molar-refractivity contribution is 0.304. The molecule has 1 aliphatic carbocycles. The van der Waals surface area contributed by atoms with Crippen LogP contribution in [0, 0.1) is 0 Å². The number of hydrogen-bond donors (Lipinski definition) is 2. The molecule has 0 amide bonds. The molecule has 8 heteroatoms. The SMILES string of the molecule is CCCCCCCCOc1ccc(Nc2nc(NC3CCCCC3)c3ccn(SI)c3n2)cc1. The number of anilines is 3. The first-order valence-corrected chi connectivity index (χ1v) is 16.0. The lowest BCUT2D eigenvalue weighted by Crippen LogP contribution is -2.23.